The summed E-state index contributed by atoms with van der Waals surface area (Å²) in [6, 6.07) is 0.149. The highest BCUT2D eigenvalue weighted by Crippen LogP contribution is 2.60. The molecule has 0 aromatic carbocycles. The number of hydrogen-bond acceptors (Lipinski definition) is 3. The van der Waals surface area contributed by atoms with Gasteiger partial charge in [-0.05, 0) is 38.0 Å². The molecule has 5 heteroatoms. The Morgan fingerprint density at radius 3 is 2.45 bits per heavy atom. The summed E-state index contributed by atoms with van der Waals surface area (Å²) in [6.45, 7) is 0.817. The average Bonchev–Trinajstić information content (AvgIpc) is 3.14. The summed E-state index contributed by atoms with van der Waals surface area (Å²) in [4.78, 5) is 0. The molecule has 0 unspecified atom stereocenters. The van der Waals surface area contributed by atoms with Gasteiger partial charge in [0.2, 0.25) is 10.0 Å². The average molecular weight is 327 g/mol. The lowest BCUT2D eigenvalue weighted by molar-refractivity contribution is -0.123. The number of rotatable bonds is 4. The molecule has 4 fully saturated rings. The third kappa shape index (κ3) is 2.53. The third-order valence-corrected chi connectivity index (χ3v) is 8.30. The zero-order chi connectivity index (χ0) is 15.2. The van der Waals surface area contributed by atoms with Crippen molar-refractivity contribution < 1.29 is 13.2 Å². The molecule has 0 amide bonds. The molecule has 0 aromatic heterocycles. The summed E-state index contributed by atoms with van der Waals surface area (Å²) in [5, 5.41) is 0. The smallest absolute Gasteiger partial charge is 0.212 e. The van der Waals surface area contributed by atoms with E-state index in [1.54, 1.807) is 0 Å². The first kappa shape index (κ1) is 15.4. The van der Waals surface area contributed by atoms with Gasteiger partial charge in [0.1, 0.15) is 0 Å². The SMILES string of the molecule is O=S(=O)(CC1CCCCC1)N[C@@H]1[C@@H]2CCO[C@@H]2C12CCCC2. The van der Waals surface area contributed by atoms with Crippen molar-refractivity contribution in [3.05, 3.63) is 0 Å². The van der Waals surface area contributed by atoms with E-state index >= 15 is 0 Å². The summed E-state index contributed by atoms with van der Waals surface area (Å²) in [5.41, 5.74) is 0.126. The van der Waals surface area contributed by atoms with Crippen LogP contribution in [0.2, 0.25) is 0 Å². The predicted octanol–water partition coefficient (Wildman–Crippen LogP) is 2.83. The van der Waals surface area contributed by atoms with Crippen LogP contribution in [-0.4, -0.2) is 32.9 Å². The first-order chi connectivity index (χ1) is 10.6. The monoisotopic (exact) mass is 327 g/mol. The van der Waals surface area contributed by atoms with Gasteiger partial charge in [0, 0.05) is 24.0 Å². The van der Waals surface area contributed by atoms with E-state index in [1.807, 2.05) is 0 Å². The Hall–Kier alpha value is -0.130. The van der Waals surface area contributed by atoms with E-state index in [9.17, 15) is 8.42 Å². The van der Waals surface area contributed by atoms with Crippen LogP contribution in [0.15, 0.2) is 0 Å². The molecule has 0 bridgehead atoms. The highest BCUT2D eigenvalue weighted by atomic mass is 32.2. The topological polar surface area (TPSA) is 55.4 Å². The molecule has 22 heavy (non-hydrogen) atoms. The lowest BCUT2D eigenvalue weighted by atomic mass is 9.55. The molecule has 1 N–H and O–H groups in total. The lowest BCUT2D eigenvalue weighted by Gasteiger charge is -2.56. The summed E-state index contributed by atoms with van der Waals surface area (Å²) < 4.78 is 34.4. The maximum atomic E-state index is 12.7. The van der Waals surface area contributed by atoms with Crippen LogP contribution in [0.5, 0.6) is 0 Å². The normalized spacial score (nSPS) is 38.1. The van der Waals surface area contributed by atoms with Crippen molar-refractivity contribution in [2.75, 3.05) is 12.4 Å². The highest BCUT2D eigenvalue weighted by molar-refractivity contribution is 7.89. The maximum absolute atomic E-state index is 12.7. The molecular weight excluding hydrogens is 298 g/mol. The quantitative estimate of drug-likeness (QED) is 0.864. The molecule has 4 rings (SSSR count). The molecule has 4 nitrogen and oxygen atoms in total. The standard InChI is InChI=1S/C17H29NO3S/c19-22(20,12-13-6-2-1-3-7-13)18-15-14-8-11-21-16(14)17(15)9-4-5-10-17/h13-16,18H,1-12H2/t14-,15+,16-/m0/s1. The van der Waals surface area contributed by atoms with Gasteiger partial charge in [-0.3, -0.25) is 0 Å². The minimum absolute atomic E-state index is 0.126. The van der Waals surface area contributed by atoms with Crippen molar-refractivity contribution in [1.29, 1.82) is 0 Å². The number of fused-ring (bicyclic) bond motifs is 2. The molecular formula is C17H29NO3S. The molecule has 0 aromatic rings. The van der Waals surface area contributed by atoms with E-state index in [2.05, 4.69) is 4.72 Å². The van der Waals surface area contributed by atoms with Crippen molar-refractivity contribution >= 4 is 10.0 Å². The maximum Gasteiger partial charge on any atom is 0.212 e. The van der Waals surface area contributed by atoms with Crippen LogP contribution in [0.3, 0.4) is 0 Å². The van der Waals surface area contributed by atoms with Crippen LogP contribution in [0, 0.1) is 17.3 Å². The van der Waals surface area contributed by atoms with E-state index in [4.69, 9.17) is 4.74 Å². The van der Waals surface area contributed by atoms with Gasteiger partial charge in [-0.15, -0.1) is 0 Å². The van der Waals surface area contributed by atoms with Crippen LogP contribution < -0.4 is 4.72 Å². The van der Waals surface area contributed by atoms with Crippen LogP contribution in [-0.2, 0) is 14.8 Å². The van der Waals surface area contributed by atoms with Crippen molar-refractivity contribution in [1.82, 2.24) is 4.72 Å². The van der Waals surface area contributed by atoms with Gasteiger partial charge in [-0.1, -0.05) is 32.1 Å². The number of ether oxygens (including phenoxy) is 1. The van der Waals surface area contributed by atoms with Gasteiger partial charge < -0.3 is 4.74 Å². The summed E-state index contributed by atoms with van der Waals surface area (Å²) in [6.07, 6.45) is 12.0. The predicted molar refractivity (Wildman–Crippen MR) is 86.0 cm³/mol. The Bertz CT molecular complexity index is 506. The first-order valence-corrected chi connectivity index (χ1v) is 10.9. The van der Waals surface area contributed by atoms with Gasteiger partial charge in [0.25, 0.3) is 0 Å². The molecule has 3 saturated carbocycles. The van der Waals surface area contributed by atoms with E-state index in [-0.39, 0.29) is 11.5 Å². The lowest BCUT2D eigenvalue weighted by Crippen LogP contribution is -2.68. The van der Waals surface area contributed by atoms with Gasteiger partial charge in [0.15, 0.2) is 0 Å². The zero-order valence-corrected chi connectivity index (χ0v) is 14.2. The summed E-state index contributed by atoms with van der Waals surface area (Å²) in [7, 11) is -3.15. The van der Waals surface area contributed by atoms with Crippen molar-refractivity contribution in [3.8, 4) is 0 Å². The second-order valence-corrected chi connectivity index (χ2v) is 9.86. The Labute approximate surface area is 134 Å². The fourth-order valence-corrected chi connectivity index (χ4v) is 7.61. The zero-order valence-electron chi connectivity index (χ0n) is 13.4. The Kier molecular flexibility index (Phi) is 4.02. The number of nitrogens with one attached hydrogen (secondary N) is 1. The third-order valence-electron chi connectivity index (χ3n) is 6.77. The molecule has 0 radical (unpaired) electrons. The number of sulfonamides is 1. The molecule has 1 spiro atoms. The molecule has 1 heterocycles. The van der Waals surface area contributed by atoms with Gasteiger partial charge >= 0.3 is 0 Å². The molecule has 1 saturated heterocycles. The Balaban J connectivity index is 1.44. The first-order valence-electron chi connectivity index (χ1n) is 9.22. The van der Waals surface area contributed by atoms with Crippen molar-refractivity contribution in [2.45, 2.75) is 76.4 Å². The Morgan fingerprint density at radius 2 is 1.73 bits per heavy atom. The molecule has 4 aliphatic rings. The van der Waals surface area contributed by atoms with Crippen molar-refractivity contribution in [3.63, 3.8) is 0 Å². The highest BCUT2D eigenvalue weighted by Gasteiger charge is 2.65. The number of hydrogen-bond donors (Lipinski definition) is 1. The van der Waals surface area contributed by atoms with Gasteiger partial charge in [-0.2, -0.15) is 0 Å². The van der Waals surface area contributed by atoms with Crippen LogP contribution in [0.25, 0.3) is 0 Å². The van der Waals surface area contributed by atoms with Crippen LogP contribution in [0.1, 0.15) is 64.2 Å². The Morgan fingerprint density at radius 1 is 1.00 bits per heavy atom. The van der Waals surface area contributed by atoms with Gasteiger partial charge in [0.05, 0.1) is 11.9 Å². The molecule has 3 aliphatic carbocycles. The minimum atomic E-state index is -3.15. The van der Waals surface area contributed by atoms with E-state index in [0.717, 1.165) is 38.7 Å². The summed E-state index contributed by atoms with van der Waals surface area (Å²) >= 11 is 0. The van der Waals surface area contributed by atoms with Crippen LogP contribution in [0.4, 0.5) is 0 Å². The van der Waals surface area contributed by atoms with E-state index in [0.29, 0.717) is 23.7 Å². The van der Waals surface area contributed by atoms with Gasteiger partial charge in [-0.25, -0.2) is 13.1 Å². The fraction of sp³-hybridized carbons (Fsp3) is 1.00. The largest absolute Gasteiger partial charge is 0.377 e. The second-order valence-electron chi connectivity index (χ2n) is 8.07. The molecule has 1 aliphatic heterocycles. The van der Waals surface area contributed by atoms with E-state index < -0.39 is 10.0 Å². The van der Waals surface area contributed by atoms with Crippen molar-refractivity contribution in [2.24, 2.45) is 17.3 Å². The fourth-order valence-electron chi connectivity index (χ4n) is 5.76. The minimum Gasteiger partial charge on any atom is -0.377 e. The van der Waals surface area contributed by atoms with Crippen LogP contribution >= 0.6 is 0 Å². The second kappa shape index (κ2) is 5.75. The molecule has 126 valence electrons. The molecule has 3 atom stereocenters. The summed E-state index contributed by atoms with van der Waals surface area (Å²) in [5.74, 6) is 1.15. The van der Waals surface area contributed by atoms with E-state index in [1.165, 1.54) is 32.1 Å².